The highest BCUT2D eigenvalue weighted by atomic mass is 32.2. The average molecular weight is 229 g/mol. The molecule has 0 aromatic heterocycles. The number of imide groups is 1. The van der Waals surface area contributed by atoms with E-state index in [1.54, 1.807) is 0 Å². The highest BCUT2D eigenvalue weighted by Gasteiger charge is 2.35. The summed E-state index contributed by atoms with van der Waals surface area (Å²) in [7, 11) is 0. The fourth-order valence-electron chi connectivity index (χ4n) is 1.06. The Morgan fingerprint density at radius 1 is 1.50 bits per heavy atom. The molecular weight excluding hydrogens is 218 g/mol. The van der Waals surface area contributed by atoms with Crippen LogP contribution in [0.5, 0.6) is 0 Å². The molecule has 1 aliphatic rings. The van der Waals surface area contributed by atoms with Crippen molar-refractivity contribution in [2.75, 3.05) is 0 Å². The number of carbonyl (C=O) groups is 2. The fraction of sp³-hybridized carbons (Fsp3) is 0.444. The predicted octanol–water partition coefficient (Wildman–Crippen LogP) is 2.08. The Kier molecular flexibility index (Phi) is 3.44. The number of rotatable bonds is 1. The molecular formula is C9H11NO2S2. The first-order chi connectivity index (χ1) is 6.49. The zero-order chi connectivity index (χ0) is 10.9. The van der Waals surface area contributed by atoms with Crippen LogP contribution in [0.4, 0.5) is 0 Å². The normalized spacial score (nSPS) is 20.4. The molecule has 1 saturated heterocycles. The molecule has 14 heavy (non-hydrogen) atoms. The Labute approximate surface area is 92.5 Å². The maximum absolute atomic E-state index is 11.7. The summed E-state index contributed by atoms with van der Waals surface area (Å²) in [6.07, 6.45) is 0.794. The summed E-state index contributed by atoms with van der Waals surface area (Å²) in [6.45, 7) is 5.19. The number of nitrogens with zero attached hydrogens (tertiary/aromatic N) is 1. The second-order valence-corrected chi connectivity index (χ2v) is 4.63. The third-order valence-corrected chi connectivity index (χ3v) is 3.52. The monoisotopic (exact) mass is 229 g/mol. The van der Waals surface area contributed by atoms with Gasteiger partial charge in [-0.25, -0.2) is 4.90 Å². The molecule has 0 aliphatic carbocycles. The Morgan fingerprint density at radius 2 is 2.07 bits per heavy atom. The van der Waals surface area contributed by atoms with Gasteiger partial charge in [0.15, 0.2) is 4.32 Å². The number of hydrogen-bond donors (Lipinski definition) is 0. The molecule has 3 nitrogen and oxygen atoms in total. The number of thioether (sulfide) groups is 1. The SMILES string of the molecule is CC/C(C)=C1/SC(=S)N(C(C)=O)C1=O. The Bertz CT molecular complexity index is 347. The maximum Gasteiger partial charge on any atom is 0.272 e. The van der Waals surface area contributed by atoms with E-state index in [0.29, 0.717) is 9.23 Å². The molecule has 0 aromatic carbocycles. The molecule has 0 unspecified atom stereocenters. The van der Waals surface area contributed by atoms with Crippen LogP contribution in [0, 0.1) is 0 Å². The number of carbonyl (C=O) groups excluding carboxylic acids is 2. The van der Waals surface area contributed by atoms with Crippen LogP contribution in [0.2, 0.25) is 0 Å². The van der Waals surface area contributed by atoms with Gasteiger partial charge in [-0.1, -0.05) is 36.5 Å². The minimum atomic E-state index is -0.314. The number of hydrogen-bond acceptors (Lipinski definition) is 4. The van der Waals surface area contributed by atoms with Gasteiger partial charge in [-0.2, -0.15) is 0 Å². The van der Waals surface area contributed by atoms with Crippen LogP contribution in [0.3, 0.4) is 0 Å². The minimum absolute atomic E-state index is 0.271. The van der Waals surface area contributed by atoms with Gasteiger partial charge >= 0.3 is 0 Å². The number of thiocarbonyl (C=S) groups is 1. The van der Waals surface area contributed by atoms with Crippen LogP contribution in [0.25, 0.3) is 0 Å². The zero-order valence-corrected chi connectivity index (χ0v) is 9.92. The van der Waals surface area contributed by atoms with Crippen LogP contribution < -0.4 is 0 Å². The van der Waals surface area contributed by atoms with Crippen molar-refractivity contribution >= 4 is 40.1 Å². The van der Waals surface area contributed by atoms with Gasteiger partial charge in [0.25, 0.3) is 5.91 Å². The third kappa shape index (κ3) is 1.88. The molecule has 0 N–H and O–H groups in total. The molecule has 0 saturated carbocycles. The molecule has 1 heterocycles. The minimum Gasteiger partial charge on any atom is -0.274 e. The van der Waals surface area contributed by atoms with Gasteiger partial charge in [0.1, 0.15) is 0 Å². The van der Waals surface area contributed by atoms with Gasteiger partial charge in [-0.15, -0.1) is 0 Å². The van der Waals surface area contributed by atoms with Crippen molar-refractivity contribution in [3.63, 3.8) is 0 Å². The van der Waals surface area contributed by atoms with E-state index in [1.165, 1.54) is 18.7 Å². The highest BCUT2D eigenvalue weighted by molar-refractivity contribution is 8.26. The quantitative estimate of drug-likeness (QED) is 0.509. The average Bonchev–Trinajstić information content (AvgIpc) is 2.40. The molecule has 0 spiro atoms. The lowest BCUT2D eigenvalue weighted by molar-refractivity contribution is -0.135. The van der Waals surface area contributed by atoms with Crippen LogP contribution in [-0.2, 0) is 9.59 Å². The van der Waals surface area contributed by atoms with Gasteiger partial charge < -0.3 is 0 Å². The summed E-state index contributed by atoms with van der Waals surface area (Å²) >= 11 is 6.16. The van der Waals surface area contributed by atoms with Gasteiger partial charge in [0, 0.05) is 6.92 Å². The van der Waals surface area contributed by atoms with E-state index in [4.69, 9.17) is 12.2 Å². The topological polar surface area (TPSA) is 37.4 Å². The van der Waals surface area contributed by atoms with Gasteiger partial charge in [0.05, 0.1) is 4.91 Å². The van der Waals surface area contributed by atoms with Crippen LogP contribution in [0.1, 0.15) is 27.2 Å². The number of allylic oxidation sites excluding steroid dienone is 1. The van der Waals surface area contributed by atoms with E-state index in [1.807, 2.05) is 13.8 Å². The second kappa shape index (κ2) is 4.23. The molecule has 0 aromatic rings. The largest absolute Gasteiger partial charge is 0.274 e. The van der Waals surface area contributed by atoms with Crippen molar-refractivity contribution in [3.05, 3.63) is 10.5 Å². The second-order valence-electron chi connectivity index (χ2n) is 2.99. The van der Waals surface area contributed by atoms with E-state index in [9.17, 15) is 9.59 Å². The standard InChI is InChI=1S/C9H11NO2S2/c1-4-5(2)7-8(12)10(6(3)11)9(13)14-7/h4H2,1-3H3/b7-5+. The van der Waals surface area contributed by atoms with Crippen molar-refractivity contribution in [1.29, 1.82) is 0 Å². The highest BCUT2D eigenvalue weighted by Crippen LogP contribution is 2.33. The molecule has 0 bridgehead atoms. The maximum atomic E-state index is 11.7. The first-order valence-corrected chi connectivity index (χ1v) is 5.48. The van der Waals surface area contributed by atoms with E-state index in [-0.39, 0.29) is 11.8 Å². The van der Waals surface area contributed by atoms with Crippen LogP contribution in [0.15, 0.2) is 10.5 Å². The van der Waals surface area contributed by atoms with E-state index in [0.717, 1.165) is 16.9 Å². The molecule has 0 radical (unpaired) electrons. The Balaban J connectivity index is 3.08. The third-order valence-electron chi connectivity index (χ3n) is 2.00. The van der Waals surface area contributed by atoms with Crippen molar-refractivity contribution in [1.82, 2.24) is 4.90 Å². The fourth-order valence-corrected chi connectivity index (χ4v) is 2.50. The predicted molar refractivity (Wildman–Crippen MR) is 60.7 cm³/mol. The number of amides is 2. The Hall–Kier alpha value is -0.680. The summed E-state index contributed by atoms with van der Waals surface area (Å²) in [5.41, 5.74) is 0.978. The summed E-state index contributed by atoms with van der Waals surface area (Å²) in [5, 5.41) is 0. The molecule has 1 fully saturated rings. The van der Waals surface area contributed by atoms with Crippen molar-refractivity contribution in [3.8, 4) is 0 Å². The lowest BCUT2D eigenvalue weighted by Gasteiger charge is -2.08. The summed E-state index contributed by atoms with van der Waals surface area (Å²) in [4.78, 5) is 24.5. The van der Waals surface area contributed by atoms with Gasteiger partial charge in [0.2, 0.25) is 5.91 Å². The molecule has 5 heteroatoms. The lowest BCUT2D eigenvalue weighted by atomic mass is 10.2. The smallest absolute Gasteiger partial charge is 0.272 e. The van der Waals surface area contributed by atoms with Crippen LogP contribution >= 0.6 is 24.0 Å². The molecule has 0 atom stereocenters. The van der Waals surface area contributed by atoms with Gasteiger partial charge in [-0.05, 0) is 13.3 Å². The molecule has 1 aliphatic heterocycles. The Morgan fingerprint density at radius 3 is 2.43 bits per heavy atom. The molecule has 76 valence electrons. The zero-order valence-electron chi connectivity index (χ0n) is 8.29. The lowest BCUT2D eigenvalue weighted by Crippen LogP contribution is -2.32. The van der Waals surface area contributed by atoms with Crippen molar-refractivity contribution in [2.24, 2.45) is 0 Å². The first-order valence-electron chi connectivity index (χ1n) is 4.25. The van der Waals surface area contributed by atoms with E-state index >= 15 is 0 Å². The van der Waals surface area contributed by atoms with E-state index < -0.39 is 0 Å². The van der Waals surface area contributed by atoms with E-state index in [2.05, 4.69) is 0 Å². The van der Waals surface area contributed by atoms with Gasteiger partial charge in [-0.3, -0.25) is 9.59 Å². The van der Waals surface area contributed by atoms with Crippen LogP contribution in [-0.4, -0.2) is 21.0 Å². The summed E-state index contributed by atoms with van der Waals surface area (Å²) < 4.78 is 0.338. The molecule has 2 amide bonds. The first kappa shape index (κ1) is 11.4. The van der Waals surface area contributed by atoms with Crippen molar-refractivity contribution < 1.29 is 9.59 Å². The molecule has 1 rings (SSSR count). The van der Waals surface area contributed by atoms with Crippen molar-refractivity contribution in [2.45, 2.75) is 27.2 Å². The summed E-state index contributed by atoms with van der Waals surface area (Å²) in [6, 6.07) is 0. The summed E-state index contributed by atoms with van der Waals surface area (Å²) in [5.74, 6) is -0.585.